The number of hydrogen-bond acceptors (Lipinski definition) is 2. The molecule has 0 spiro atoms. The topological polar surface area (TPSA) is 46.5 Å². The minimum Gasteiger partial charge on any atom is -0.497 e. The lowest BCUT2D eigenvalue weighted by atomic mass is 10.0. The molecule has 0 fully saturated rings. The van der Waals surface area contributed by atoms with Crippen molar-refractivity contribution in [2.24, 2.45) is 0 Å². The summed E-state index contributed by atoms with van der Waals surface area (Å²) >= 11 is 0. The molecule has 3 nitrogen and oxygen atoms in total. The van der Waals surface area contributed by atoms with Crippen LogP contribution >= 0.6 is 0 Å². The monoisotopic (exact) mass is 234 g/mol. The lowest BCUT2D eigenvalue weighted by molar-refractivity contribution is -0.132. The Labute approximate surface area is 102 Å². The van der Waals surface area contributed by atoms with Crippen LogP contribution in [0.5, 0.6) is 5.75 Å². The van der Waals surface area contributed by atoms with Gasteiger partial charge in [0.1, 0.15) is 5.75 Å². The number of carbonyl (C=O) groups is 1. The Morgan fingerprint density at radius 3 is 2.29 bits per heavy atom. The van der Waals surface area contributed by atoms with Gasteiger partial charge in [-0.3, -0.25) is 0 Å². The standard InChI is InChI=1S/C14H18O3/c1-10(11(2)14(15)16)4-5-12-6-8-13(17-3)9-7-12/h6-9H,4-5H2,1-3H3,(H,15,16). The molecule has 92 valence electrons. The highest BCUT2D eigenvalue weighted by Crippen LogP contribution is 2.16. The highest BCUT2D eigenvalue weighted by atomic mass is 16.5. The van der Waals surface area contributed by atoms with Crippen LogP contribution in [0, 0.1) is 0 Å². The van der Waals surface area contributed by atoms with Gasteiger partial charge in [-0.25, -0.2) is 4.79 Å². The van der Waals surface area contributed by atoms with E-state index in [0.29, 0.717) is 5.57 Å². The van der Waals surface area contributed by atoms with Crippen molar-refractivity contribution in [3.8, 4) is 5.75 Å². The second-order valence-corrected chi connectivity index (χ2v) is 4.06. The zero-order valence-corrected chi connectivity index (χ0v) is 10.5. The average Bonchev–Trinajstić information content (AvgIpc) is 2.35. The van der Waals surface area contributed by atoms with Gasteiger partial charge in [-0.05, 0) is 44.4 Å². The van der Waals surface area contributed by atoms with Gasteiger partial charge in [-0.1, -0.05) is 17.7 Å². The molecule has 3 heteroatoms. The lowest BCUT2D eigenvalue weighted by Gasteiger charge is -2.05. The summed E-state index contributed by atoms with van der Waals surface area (Å²) in [6.45, 7) is 3.51. The van der Waals surface area contributed by atoms with Gasteiger partial charge < -0.3 is 9.84 Å². The van der Waals surface area contributed by atoms with Gasteiger partial charge in [0.2, 0.25) is 0 Å². The SMILES string of the molecule is COc1ccc(CCC(C)=C(C)C(=O)O)cc1. The van der Waals surface area contributed by atoms with E-state index in [1.807, 2.05) is 31.2 Å². The highest BCUT2D eigenvalue weighted by Gasteiger charge is 2.05. The summed E-state index contributed by atoms with van der Waals surface area (Å²) in [5.41, 5.74) is 2.55. The van der Waals surface area contributed by atoms with Crippen LogP contribution in [0.25, 0.3) is 0 Å². The predicted molar refractivity (Wildman–Crippen MR) is 67.3 cm³/mol. The number of carboxylic acid groups (broad SMARTS) is 1. The molecule has 0 heterocycles. The van der Waals surface area contributed by atoms with E-state index >= 15 is 0 Å². The van der Waals surface area contributed by atoms with Crippen molar-refractivity contribution in [3.63, 3.8) is 0 Å². The van der Waals surface area contributed by atoms with Gasteiger partial charge >= 0.3 is 5.97 Å². The van der Waals surface area contributed by atoms with Crippen LogP contribution in [0.1, 0.15) is 25.8 Å². The third-order valence-electron chi connectivity index (χ3n) is 2.91. The van der Waals surface area contributed by atoms with E-state index in [9.17, 15) is 4.79 Å². The molecule has 0 aromatic heterocycles. The second-order valence-electron chi connectivity index (χ2n) is 4.06. The van der Waals surface area contributed by atoms with Crippen molar-refractivity contribution in [3.05, 3.63) is 41.0 Å². The molecule has 1 rings (SSSR count). The van der Waals surface area contributed by atoms with Crippen LogP contribution in [0.2, 0.25) is 0 Å². The van der Waals surface area contributed by atoms with Crippen LogP contribution < -0.4 is 4.74 Å². The van der Waals surface area contributed by atoms with Gasteiger partial charge in [0.05, 0.1) is 7.11 Å². The van der Waals surface area contributed by atoms with Gasteiger partial charge in [0.25, 0.3) is 0 Å². The Kier molecular flexibility index (Phi) is 4.76. The van der Waals surface area contributed by atoms with Crippen LogP contribution in [-0.4, -0.2) is 18.2 Å². The maximum absolute atomic E-state index is 10.8. The highest BCUT2D eigenvalue weighted by molar-refractivity contribution is 5.86. The smallest absolute Gasteiger partial charge is 0.331 e. The maximum Gasteiger partial charge on any atom is 0.331 e. The van der Waals surface area contributed by atoms with Crippen molar-refractivity contribution in [1.82, 2.24) is 0 Å². The van der Waals surface area contributed by atoms with Gasteiger partial charge in [0, 0.05) is 5.57 Å². The van der Waals surface area contributed by atoms with E-state index in [1.54, 1.807) is 14.0 Å². The molecule has 0 aliphatic rings. The van der Waals surface area contributed by atoms with E-state index < -0.39 is 5.97 Å². The zero-order chi connectivity index (χ0) is 12.8. The van der Waals surface area contributed by atoms with E-state index in [2.05, 4.69) is 0 Å². The molecular weight excluding hydrogens is 216 g/mol. The van der Waals surface area contributed by atoms with Crippen LogP contribution in [-0.2, 0) is 11.2 Å². The van der Waals surface area contributed by atoms with E-state index in [0.717, 1.165) is 24.2 Å². The first-order valence-corrected chi connectivity index (χ1v) is 5.57. The molecule has 1 aromatic rings. The summed E-state index contributed by atoms with van der Waals surface area (Å²) in [6.07, 6.45) is 1.62. The molecule has 0 radical (unpaired) electrons. The third-order valence-corrected chi connectivity index (χ3v) is 2.91. The van der Waals surface area contributed by atoms with Crippen molar-refractivity contribution < 1.29 is 14.6 Å². The van der Waals surface area contributed by atoms with E-state index in [4.69, 9.17) is 9.84 Å². The number of benzene rings is 1. The van der Waals surface area contributed by atoms with Crippen molar-refractivity contribution in [1.29, 1.82) is 0 Å². The first-order chi connectivity index (χ1) is 8.04. The lowest BCUT2D eigenvalue weighted by Crippen LogP contribution is -2.00. The number of allylic oxidation sites excluding steroid dienone is 1. The molecule has 0 aliphatic heterocycles. The molecule has 0 unspecified atom stereocenters. The quantitative estimate of drug-likeness (QED) is 0.796. The summed E-state index contributed by atoms with van der Waals surface area (Å²) in [5, 5.41) is 8.84. The Morgan fingerprint density at radius 2 is 1.82 bits per heavy atom. The van der Waals surface area contributed by atoms with Crippen LogP contribution in [0.3, 0.4) is 0 Å². The molecule has 0 saturated heterocycles. The van der Waals surface area contributed by atoms with Gasteiger partial charge in [-0.2, -0.15) is 0 Å². The first-order valence-electron chi connectivity index (χ1n) is 5.57. The molecule has 1 N–H and O–H groups in total. The maximum atomic E-state index is 10.8. The van der Waals surface area contributed by atoms with Gasteiger partial charge in [0.15, 0.2) is 0 Å². The number of hydrogen-bond donors (Lipinski definition) is 1. The fourth-order valence-electron chi connectivity index (χ4n) is 1.49. The van der Waals surface area contributed by atoms with Crippen molar-refractivity contribution in [2.75, 3.05) is 7.11 Å². The fourth-order valence-corrected chi connectivity index (χ4v) is 1.49. The van der Waals surface area contributed by atoms with E-state index in [1.165, 1.54) is 5.56 Å². The molecule has 0 atom stereocenters. The molecule has 0 amide bonds. The number of ether oxygens (including phenoxy) is 1. The summed E-state index contributed by atoms with van der Waals surface area (Å²) < 4.78 is 5.08. The third kappa shape index (κ3) is 3.94. The molecular formula is C14H18O3. The first kappa shape index (κ1) is 13.3. The van der Waals surface area contributed by atoms with Crippen LogP contribution in [0.15, 0.2) is 35.4 Å². The number of rotatable bonds is 5. The van der Waals surface area contributed by atoms with Gasteiger partial charge in [-0.15, -0.1) is 0 Å². The second kappa shape index (κ2) is 6.09. The summed E-state index contributed by atoms with van der Waals surface area (Å²) in [7, 11) is 1.64. The summed E-state index contributed by atoms with van der Waals surface area (Å²) in [5.74, 6) is -0.0000357. The van der Waals surface area contributed by atoms with Crippen molar-refractivity contribution >= 4 is 5.97 Å². The molecule has 1 aromatic carbocycles. The van der Waals surface area contributed by atoms with Crippen molar-refractivity contribution in [2.45, 2.75) is 26.7 Å². The van der Waals surface area contributed by atoms with Crippen LogP contribution in [0.4, 0.5) is 0 Å². The normalized spacial score (nSPS) is 11.9. The molecule has 0 aliphatic carbocycles. The summed E-state index contributed by atoms with van der Waals surface area (Å²) in [4.78, 5) is 10.8. The minimum absolute atomic E-state index is 0.443. The molecule has 0 saturated carbocycles. The fraction of sp³-hybridized carbons (Fsp3) is 0.357. The van der Waals surface area contributed by atoms with E-state index in [-0.39, 0.29) is 0 Å². The zero-order valence-electron chi connectivity index (χ0n) is 10.5. The average molecular weight is 234 g/mol. The Bertz CT molecular complexity index is 416. The number of methoxy groups -OCH3 is 1. The Balaban J connectivity index is 2.61. The Morgan fingerprint density at radius 1 is 1.24 bits per heavy atom. The Hall–Kier alpha value is -1.77. The predicted octanol–water partition coefficient (Wildman–Crippen LogP) is 3.05. The largest absolute Gasteiger partial charge is 0.497 e. The number of aliphatic carboxylic acids is 1. The number of aryl methyl sites for hydroxylation is 1. The minimum atomic E-state index is -0.836. The number of carboxylic acids is 1. The molecule has 17 heavy (non-hydrogen) atoms. The molecule has 0 bridgehead atoms. The summed E-state index contributed by atoms with van der Waals surface area (Å²) in [6, 6.07) is 7.83.